The number of furan rings is 1. The van der Waals surface area contributed by atoms with E-state index in [0.29, 0.717) is 11.1 Å². The third kappa shape index (κ3) is 4.03. The Hall–Kier alpha value is -6.18. The molecule has 0 amide bonds. The summed E-state index contributed by atoms with van der Waals surface area (Å²) in [5.74, 6) is 0.260. The molecule has 0 unspecified atom stereocenters. The molecule has 10 aromatic rings. The maximum atomic E-state index is 8.68. The lowest BCUT2D eigenvalue weighted by atomic mass is 9.87. The second-order valence-corrected chi connectivity index (χ2v) is 12.1. The molecule has 0 saturated heterocycles. The molecule has 218 valence electrons. The van der Waals surface area contributed by atoms with Crippen LogP contribution in [-0.4, -0.2) is 0 Å². The van der Waals surface area contributed by atoms with Gasteiger partial charge in [0.15, 0.2) is 0 Å². The predicted octanol–water partition coefficient (Wildman–Crippen LogP) is 13.2. The highest BCUT2D eigenvalue weighted by Gasteiger charge is 2.19. The standard InChI is InChI=1S/C46H28O/c1-2-9-34(10-3-1)46-45(41-12-6-7-13-42(41)47-46)33-17-15-30(16-18-33)37-24-20-31-23-27-40-38(25-21-32-22-26-39(37)43(31)44(32)40)36-19-14-29-8-4-5-11-35(29)28-36/h1-28H/i1D,2D,3D,9D,10D. The van der Waals surface area contributed by atoms with Gasteiger partial charge in [0, 0.05) is 16.5 Å². The summed E-state index contributed by atoms with van der Waals surface area (Å²) in [4.78, 5) is 0. The van der Waals surface area contributed by atoms with Gasteiger partial charge in [0.25, 0.3) is 0 Å². The largest absolute Gasteiger partial charge is 0.455 e. The Labute approximate surface area is 279 Å². The molecule has 1 heterocycles. The van der Waals surface area contributed by atoms with Crippen LogP contribution in [0.15, 0.2) is 174 Å². The van der Waals surface area contributed by atoms with E-state index in [-0.39, 0.29) is 23.4 Å². The Bertz CT molecular complexity index is 3040. The van der Waals surface area contributed by atoms with E-state index in [1.807, 2.05) is 36.4 Å². The average Bonchev–Trinajstić information content (AvgIpc) is 3.57. The molecule has 0 fully saturated rings. The molecule has 10 rings (SSSR count). The summed E-state index contributed by atoms with van der Waals surface area (Å²) < 4.78 is 48.3. The van der Waals surface area contributed by atoms with Crippen molar-refractivity contribution in [3.63, 3.8) is 0 Å². The molecule has 0 aliphatic carbocycles. The van der Waals surface area contributed by atoms with Crippen LogP contribution in [0.2, 0.25) is 0 Å². The fourth-order valence-electron chi connectivity index (χ4n) is 7.35. The van der Waals surface area contributed by atoms with Gasteiger partial charge >= 0.3 is 0 Å². The monoisotopic (exact) mass is 601 g/mol. The number of benzene rings is 9. The van der Waals surface area contributed by atoms with Gasteiger partial charge in [-0.05, 0) is 83.0 Å². The molecule has 0 N–H and O–H groups in total. The maximum Gasteiger partial charge on any atom is 0.143 e. The molecule has 0 bridgehead atoms. The van der Waals surface area contributed by atoms with Crippen LogP contribution in [0.4, 0.5) is 0 Å². The molecule has 1 nitrogen and oxygen atoms in total. The lowest BCUT2D eigenvalue weighted by molar-refractivity contribution is 0.632. The molecule has 47 heavy (non-hydrogen) atoms. The Balaban J connectivity index is 1.13. The van der Waals surface area contributed by atoms with Crippen molar-refractivity contribution in [1.29, 1.82) is 0 Å². The first-order chi connectivity index (χ1) is 25.4. The lowest BCUT2D eigenvalue weighted by Gasteiger charge is -2.17. The van der Waals surface area contributed by atoms with Gasteiger partial charge in [0.2, 0.25) is 0 Å². The van der Waals surface area contributed by atoms with Crippen molar-refractivity contribution < 1.29 is 11.3 Å². The van der Waals surface area contributed by atoms with E-state index in [1.165, 1.54) is 54.2 Å². The highest BCUT2D eigenvalue weighted by atomic mass is 16.3. The maximum absolute atomic E-state index is 8.68. The Morgan fingerprint density at radius 2 is 0.979 bits per heavy atom. The van der Waals surface area contributed by atoms with Crippen molar-refractivity contribution >= 4 is 54.1 Å². The van der Waals surface area contributed by atoms with E-state index in [9.17, 15) is 0 Å². The van der Waals surface area contributed by atoms with Gasteiger partial charge in [-0.3, -0.25) is 0 Å². The second-order valence-electron chi connectivity index (χ2n) is 12.1. The first-order valence-electron chi connectivity index (χ1n) is 18.3. The van der Waals surface area contributed by atoms with Crippen molar-refractivity contribution in [2.24, 2.45) is 0 Å². The minimum atomic E-state index is -0.432. The van der Waals surface area contributed by atoms with E-state index in [1.54, 1.807) is 0 Å². The van der Waals surface area contributed by atoms with Crippen molar-refractivity contribution in [2.45, 2.75) is 0 Å². The number of hydrogen-bond donors (Lipinski definition) is 0. The minimum Gasteiger partial charge on any atom is -0.455 e. The number of hydrogen-bond acceptors (Lipinski definition) is 1. The molecular formula is C46H28O. The summed E-state index contributed by atoms with van der Waals surface area (Å²) >= 11 is 0. The number of rotatable bonds is 4. The van der Waals surface area contributed by atoms with Crippen molar-refractivity contribution in [3.8, 4) is 44.7 Å². The Kier molecular flexibility index (Phi) is 4.66. The van der Waals surface area contributed by atoms with Crippen LogP contribution in [0, 0.1) is 0 Å². The summed E-state index contributed by atoms with van der Waals surface area (Å²) in [5, 5.41) is 10.6. The zero-order valence-electron chi connectivity index (χ0n) is 30.2. The van der Waals surface area contributed by atoms with Crippen LogP contribution in [0.1, 0.15) is 6.85 Å². The topological polar surface area (TPSA) is 13.1 Å². The van der Waals surface area contributed by atoms with E-state index in [0.717, 1.165) is 22.1 Å². The molecule has 1 heteroatoms. The van der Waals surface area contributed by atoms with Crippen LogP contribution in [0.25, 0.3) is 98.8 Å². The summed E-state index contributed by atoms with van der Waals surface area (Å²) in [6.45, 7) is 0. The number of fused-ring (bicyclic) bond motifs is 2. The summed E-state index contributed by atoms with van der Waals surface area (Å²) in [7, 11) is 0. The van der Waals surface area contributed by atoms with Crippen molar-refractivity contribution in [2.75, 3.05) is 0 Å². The third-order valence-corrected chi connectivity index (χ3v) is 9.53. The quantitative estimate of drug-likeness (QED) is 0.183. The van der Waals surface area contributed by atoms with E-state index in [4.69, 9.17) is 11.3 Å². The summed E-state index contributed by atoms with van der Waals surface area (Å²) in [6.07, 6.45) is 0. The number of para-hydroxylation sites is 1. The molecule has 0 saturated carbocycles. The normalized spacial score (nSPS) is 13.3. The highest BCUT2D eigenvalue weighted by Crippen LogP contribution is 2.44. The molecule has 0 radical (unpaired) electrons. The smallest absolute Gasteiger partial charge is 0.143 e. The molecule has 0 atom stereocenters. The van der Waals surface area contributed by atoms with Crippen LogP contribution < -0.4 is 0 Å². The predicted molar refractivity (Wildman–Crippen MR) is 199 cm³/mol. The first kappa shape index (κ1) is 21.5. The van der Waals surface area contributed by atoms with Crippen LogP contribution in [0.5, 0.6) is 0 Å². The van der Waals surface area contributed by atoms with E-state index < -0.39 is 18.1 Å². The molecule has 9 aromatic carbocycles. The fraction of sp³-hybridized carbons (Fsp3) is 0. The fourth-order valence-corrected chi connectivity index (χ4v) is 7.35. The van der Waals surface area contributed by atoms with Gasteiger partial charge in [-0.2, -0.15) is 0 Å². The third-order valence-electron chi connectivity index (χ3n) is 9.53. The van der Waals surface area contributed by atoms with E-state index in [2.05, 4.69) is 103 Å². The van der Waals surface area contributed by atoms with Crippen LogP contribution >= 0.6 is 0 Å². The van der Waals surface area contributed by atoms with Gasteiger partial charge in [0.1, 0.15) is 11.3 Å². The first-order valence-corrected chi connectivity index (χ1v) is 15.8. The Morgan fingerprint density at radius 3 is 1.72 bits per heavy atom. The van der Waals surface area contributed by atoms with Crippen molar-refractivity contribution in [1.82, 2.24) is 0 Å². The molecule has 0 spiro atoms. The van der Waals surface area contributed by atoms with Gasteiger partial charge in [0.05, 0.1) is 6.85 Å². The van der Waals surface area contributed by atoms with Crippen LogP contribution in [-0.2, 0) is 0 Å². The molecule has 0 aliphatic heterocycles. The minimum absolute atomic E-state index is 0.0520. The Morgan fingerprint density at radius 1 is 0.404 bits per heavy atom. The van der Waals surface area contributed by atoms with Crippen LogP contribution in [0.3, 0.4) is 0 Å². The van der Waals surface area contributed by atoms with Gasteiger partial charge < -0.3 is 4.42 Å². The van der Waals surface area contributed by atoms with E-state index >= 15 is 0 Å². The average molecular weight is 602 g/mol. The highest BCUT2D eigenvalue weighted by molar-refractivity contribution is 6.27. The second kappa shape index (κ2) is 10.2. The zero-order valence-corrected chi connectivity index (χ0v) is 25.2. The molecule has 1 aromatic heterocycles. The van der Waals surface area contributed by atoms with Gasteiger partial charge in [-0.1, -0.05) is 158 Å². The SMILES string of the molecule is [2H]c1c([2H])c([2H])c(-c2oc3ccccc3c2-c2ccc(-c3ccc4ccc5c(-c6ccc7ccccc7c6)ccc6ccc3c4c65)cc2)c([2H])c1[2H]. The van der Waals surface area contributed by atoms with Gasteiger partial charge in [-0.15, -0.1) is 0 Å². The molecule has 0 aliphatic rings. The zero-order chi connectivity index (χ0) is 35.2. The lowest BCUT2D eigenvalue weighted by Crippen LogP contribution is -1.90. The van der Waals surface area contributed by atoms with Crippen molar-refractivity contribution in [3.05, 3.63) is 170 Å². The van der Waals surface area contributed by atoms with Gasteiger partial charge in [-0.25, -0.2) is 0 Å². The molecular weight excluding hydrogens is 569 g/mol. The summed E-state index contributed by atoms with van der Waals surface area (Å²) in [5.41, 5.74) is 6.73. The summed E-state index contributed by atoms with van der Waals surface area (Å²) in [6, 6.07) is 46.9.